The predicted octanol–water partition coefficient (Wildman–Crippen LogP) is 4.45. The molecule has 5 rings (SSSR count). The maximum atomic E-state index is 4.74. The molecule has 6 heteroatoms. The third-order valence-corrected chi connectivity index (χ3v) is 5.09. The first-order valence-electron chi connectivity index (χ1n) is 9.84. The molecule has 0 unspecified atom stereocenters. The minimum absolute atomic E-state index is 0.191. The highest BCUT2D eigenvalue weighted by Gasteiger charge is 2.16. The van der Waals surface area contributed by atoms with Crippen LogP contribution in [-0.4, -0.2) is 31.3 Å². The van der Waals surface area contributed by atoms with Gasteiger partial charge in [0.05, 0.1) is 5.52 Å². The van der Waals surface area contributed by atoms with Crippen LogP contribution in [0.4, 0.5) is 5.82 Å². The maximum Gasteiger partial charge on any atom is 0.254 e. The standard InChI is InChI=1S/C24H20N6/c1-3-9-18(10-4-1)21(19-11-5-2-6-12-19)15-26-23-20-13-7-8-14-22(20)28-24(29-23)30-17-25-16-27-30/h1-14,16-17,21H,15H2,(H,26,28,29). The highest BCUT2D eigenvalue weighted by molar-refractivity contribution is 5.89. The summed E-state index contributed by atoms with van der Waals surface area (Å²) in [6.07, 6.45) is 3.08. The molecule has 0 aliphatic heterocycles. The van der Waals surface area contributed by atoms with E-state index >= 15 is 0 Å². The third kappa shape index (κ3) is 3.63. The second-order valence-corrected chi connectivity index (χ2v) is 6.98. The van der Waals surface area contributed by atoms with Gasteiger partial charge in [-0.05, 0) is 23.3 Å². The van der Waals surface area contributed by atoms with Crippen LogP contribution < -0.4 is 5.32 Å². The van der Waals surface area contributed by atoms with Crippen LogP contribution in [0, 0.1) is 0 Å². The van der Waals surface area contributed by atoms with Crippen molar-refractivity contribution in [1.82, 2.24) is 24.7 Å². The maximum absolute atomic E-state index is 4.74. The van der Waals surface area contributed by atoms with E-state index < -0.39 is 0 Å². The Kier molecular flexibility index (Phi) is 4.88. The summed E-state index contributed by atoms with van der Waals surface area (Å²) in [6.45, 7) is 0.700. The minimum Gasteiger partial charge on any atom is -0.368 e. The van der Waals surface area contributed by atoms with Crippen LogP contribution >= 0.6 is 0 Å². The summed E-state index contributed by atoms with van der Waals surface area (Å²) in [5.41, 5.74) is 3.37. The number of nitrogens with one attached hydrogen (secondary N) is 1. The van der Waals surface area contributed by atoms with Gasteiger partial charge in [-0.1, -0.05) is 72.8 Å². The number of benzene rings is 3. The van der Waals surface area contributed by atoms with Crippen LogP contribution in [0.2, 0.25) is 0 Å². The van der Waals surface area contributed by atoms with Gasteiger partial charge in [0.25, 0.3) is 5.95 Å². The molecule has 0 saturated carbocycles. The van der Waals surface area contributed by atoms with E-state index in [9.17, 15) is 0 Å². The molecule has 2 aromatic heterocycles. The Hall–Kier alpha value is -4.06. The first-order chi connectivity index (χ1) is 14.9. The number of nitrogens with zero attached hydrogens (tertiary/aromatic N) is 5. The van der Waals surface area contributed by atoms with E-state index in [-0.39, 0.29) is 5.92 Å². The Morgan fingerprint density at radius 2 is 1.43 bits per heavy atom. The molecule has 30 heavy (non-hydrogen) atoms. The van der Waals surface area contributed by atoms with Gasteiger partial charge in [-0.2, -0.15) is 14.8 Å². The van der Waals surface area contributed by atoms with Crippen molar-refractivity contribution in [2.24, 2.45) is 0 Å². The van der Waals surface area contributed by atoms with E-state index in [1.807, 2.05) is 36.4 Å². The lowest BCUT2D eigenvalue weighted by molar-refractivity contribution is 0.807. The van der Waals surface area contributed by atoms with Crippen molar-refractivity contribution < 1.29 is 0 Å². The highest BCUT2D eigenvalue weighted by atomic mass is 15.4. The van der Waals surface area contributed by atoms with E-state index in [1.54, 1.807) is 11.0 Å². The Labute approximate surface area is 174 Å². The van der Waals surface area contributed by atoms with Gasteiger partial charge < -0.3 is 5.32 Å². The second kappa shape index (κ2) is 8.13. The monoisotopic (exact) mass is 392 g/mol. The van der Waals surface area contributed by atoms with Crippen LogP contribution in [0.5, 0.6) is 0 Å². The summed E-state index contributed by atoms with van der Waals surface area (Å²) < 4.78 is 1.57. The topological polar surface area (TPSA) is 68.5 Å². The zero-order valence-corrected chi connectivity index (χ0v) is 16.3. The second-order valence-electron chi connectivity index (χ2n) is 6.98. The van der Waals surface area contributed by atoms with E-state index in [4.69, 9.17) is 4.98 Å². The molecule has 0 fully saturated rings. The molecule has 0 atom stereocenters. The van der Waals surface area contributed by atoms with Crippen LogP contribution in [0.25, 0.3) is 16.9 Å². The number of para-hydroxylation sites is 1. The fourth-order valence-electron chi connectivity index (χ4n) is 3.61. The molecule has 0 aliphatic rings. The molecule has 6 nitrogen and oxygen atoms in total. The molecule has 146 valence electrons. The summed E-state index contributed by atoms with van der Waals surface area (Å²) in [4.78, 5) is 13.4. The molecular formula is C24H20N6. The number of fused-ring (bicyclic) bond motifs is 1. The predicted molar refractivity (Wildman–Crippen MR) is 118 cm³/mol. The van der Waals surface area contributed by atoms with Crippen molar-refractivity contribution in [3.05, 3.63) is 109 Å². The number of hydrogen-bond donors (Lipinski definition) is 1. The third-order valence-electron chi connectivity index (χ3n) is 5.09. The first kappa shape index (κ1) is 18.0. The van der Waals surface area contributed by atoms with Crippen molar-refractivity contribution >= 4 is 16.7 Å². The normalized spacial score (nSPS) is 11.1. The van der Waals surface area contributed by atoms with Gasteiger partial charge in [-0.25, -0.2) is 9.97 Å². The van der Waals surface area contributed by atoms with Crippen molar-refractivity contribution in [3.8, 4) is 5.95 Å². The summed E-state index contributed by atoms with van der Waals surface area (Å²) in [6, 6.07) is 29.0. The smallest absolute Gasteiger partial charge is 0.254 e. The molecule has 0 bridgehead atoms. The molecule has 0 amide bonds. The minimum atomic E-state index is 0.191. The molecule has 0 saturated heterocycles. The van der Waals surface area contributed by atoms with Crippen LogP contribution in [0.15, 0.2) is 97.6 Å². The van der Waals surface area contributed by atoms with E-state index in [2.05, 4.69) is 68.9 Å². The van der Waals surface area contributed by atoms with Gasteiger partial charge in [0.15, 0.2) is 0 Å². The number of hydrogen-bond acceptors (Lipinski definition) is 5. The van der Waals surface area contributed by atoms with E-state index in [0.29, 0.717) is 12.5 Å². The van der Waals surface area contributed by atoms with Gasteiger partial charge in [-0.3, -0.25) is 0 Å². The number of anilines is 1. The molecule has 2 heterocycles. The van der Waals surface area contributed by atoms with Crippen LogP contribution in [0.1, 0.15) is 17.0 Å². The SMILES string of the molecule is c1ccc(C(CNc2nc(-n3cncn3)nc3ccccc23)c2ccccc2)cc1. The average molecular weight is 392 g/mol. The van der Waals surface area contributed by atoms with Gasteiger partial charge in [-0.15, -0.1) is 0 Å². The molecule has 0 radical (unpaired) electrons. The highest BCUT2D eigenvalue weighted by Crippen LogP contribution is 2.27. The number of rotatable bonds is 6. The molecule has 5 aromatic rings. The summed E-state index contributed by atoms with van der Waals surface area (Å²) in [7, 11) is 0. The summed E-state index contributed by atoms with van der Waals surface area (Å²) >= 11 is 0. The van der Waals surface area contributed by atoms with Gasteiger partial charge in [0.2, 0.25) is 0 Å². The summed E-state index contributed by atoms with van der Waals surface area (Å²) in [5, 5.41) is 8.73. The zero-order valence-electron chi connectivity index (χ0n) is 16.3. The van der Waals surface area contributed by atoms with E-state index in [0.717, 1.165) is 16.7 Å². The Morgan fingerprint density at radius 1 is 0.767 bits per heavy atom. The molecule has 1 N–H and O–H groups in total. The van der Waals surface area contributed by atoms with Crippen molar-refractivity contribution in [1.29, 1.82) is 0 Å². The number of aromatic nitrogens is 5. The Morgan fingerprint density at radius 3 is 2.10 bits per heavy atom. The largest absolute Gasteiger partial charge is 0.368 e. The fourth-order valence-corrected chi connectivity index (χ4v) is 3.61. The van der Waals surface area contributed by atoms with Crippen molar-refractivity contribution in [3.63, 3.8) is 0 Å². The molecule has 0 spiro atoms. The molecule has 3 aromatic carbocycles. The quantitative estimate of drug-likeness (QED) is 0.462. The van der Waals surface area contributed by atoms with Crippen LogP contribution in [0.3, 0.4) is 0 Å². The van der Waals surface area contributed by atoms with Crippen molar-refractivity contribution in [2.75, 3.05) is 11.9 Å². The zero-order chi connectivity index (χ0) is 20.2. The van der Waals surface area contributed by atoms with E-state index in [1.165, 1.54) is 17.5 Å². The molecular weight excluding hydrogens is 372 g/mol. The Balaban J connectivity index is 1.53. The Bertz CT molecular complexity index is 1200. The van der Waals surface area contributed by atoms with Crippen LogP contribution in [-0.2, 0) is 0 Å². The lowest BCUT2D eigenvalue weighted by Gasteiger charge is -2.20. The first-order valence-corrected chi connectivity index (χ1v) is 9.84. The van der Waals surface area contributed by atoms with Crippen molar-refractivity contribution in [2.45, 2.75) is 5.92 Å². The van der Waals surface area contributed by atoms with Gasteiger partial charge >= 0.3 is 0 Å². The lowest BCUT2D eigenvalue weighted by atomic mass is 9.91. The molecule has 0 aliphatic carbocycles. The lowest BCUT2D eigenvalue weighted by Crippen LogP contribution is -2.16. The fraction of sp³-hybridized carbons (Fsp3) is 0.0833. The van der Waals surface area contributed by atoms with Gasteiger partial charge in [0.1, 0.15) is 18.5 Å². The summed E-state index contributed by atoms with van der Waals surface area (Å²) in [5.74, 6) is 1.46. The van der Waals surface area contributed by atoms with Gasteiger partial charge in [0, 0.05) is 17.8 Å². The average Bonchev–Trinajstić information content (AvgIpc) is 3.36.